The Hall–Kier alpha value is -4.89. The number of rotatable bonds is 10. The Morgan fingerprint density at radius 1 is 0.861 bits per heavy atom. The molecule has 6 heteroatoms. The van der Waals surface area contributed by atoms with Crippen molar-refractivity contribution in [1.29, 1.82) is 5.26 Å². The van der Waals surface area contributed by atoms with E-state index < -0.39 is 0 Å². The molecule has 0 atom stereocenters. The number of nitrogens with one attached hydrogen (secondary N) is 1. The van der Waals surface area contributed by atoms with Crippen molar-refractivity contribution in [2.75, 3.05) is 5.32 Å². The van der Waals surface area contributed by atoms with Gasteiger partial charge in [-0.3, -0.25) is 9.78 Å². The van der Waals surface area contributed by atoms with Gasteiger partial charge in [0.2, 0.25) is 5.91 Å². The maximum absolute atomic E-state index is 12.5. The van der Waals surface area contributed by atoms with Crippen LogP contribution in [0.15, 0.2) is 103 Å². The summed E-state index contributed by atoms with van der Waals surface area (Å²) in [5.41, 5.74) is 4.37. The number of hydrogen-bond acceptors (Lipinski definition) is 5. The summed E-state index contributed by atoms with van der Waals surface area (Å²) >= 11 is 0. The average molecular weight is 476 g/mol. The van der Waals surface area contributed by atoms with Gasteiger partial charge in [-0.2, -0.15) is 5.26 Å². The number of amides is 1. The second kappa shape index (κ2) is 12.5. The van der Waals surface area contributed by atoms with Crippen molar-refractivity contribution in [3.05, 3.63) is 126 Å². The number of anilines is 1. The molecule has 6 nitrogen and oxygen atoms in total. The molecule has 0 radical (unpaired) electrons. The van der Waals surface area contributed by atoms with E-state index in [1.54, 1.807) is 18.5 Å². The molecule has 1 amide bonds. The topological polar surface area (TPSA) is 84.2 Å². The summed E-state index contributed by atoms with van der Waals surface area (Å²) in [6.07, 6.45) is 7.12. The standard InChI is InChI=1S/C30H25N3O3/c31-18-17-24-9-14-28(15-10-24)36-22-26-5-1-2-6-29(26)33-30(34)16-11-23-7-12-27(13-8-23)35-21-25-4-3-19-32-20-25/h1-16,19-20H,17,21-22H2,(H,33,34)/b16-11+. The molecule has 0 bridgehead atoms. The maximum Gasteiger partial charge on any atom is 0.248 e. The third kappa shape index (κ3) is 7.31. The molecule has 1 N–H and O–H groups in total. The largest absolute Gasteiger partial charge is 0.489 e. The molecular formula is C30H25N3O3. The third-order valence-corrected chi connectivity index (χ3v) is 5.31. The molecule has 0 saturated heterocycles. The summed E-state index contributed by atoms with van der Waals surface area (Å²) < 4.78 is 11.6. The lowest BCUT2D eigenvalue weighted by Crippen LogP contribution is -2.10. The van der Waals surface area contributed by atoms with Gasteiger partial charge in [-0.1, -0.05) is 48.5 Å². The predicted molar refractivity (Wildman–Crippen MR) is 139 cm³/mol. The van der Waals surface area contributed by atoms with Crippen LogP contribution >= 0.6 is 0 Å². The fraction of sp³-hybridized carbons (Fsp3) is 0.100. The Morgan fingerprint density at radius 2 is 1.58 bits per heavy atom. The molecule has 36 heavy (non-hydrogen) atoms. The fourth-order valence-corrected chi connectivity index (χ4v) is 3.40. The van der Waals surface area contributed by atoms with Gasteiger partial charge >= 0.3 is 0 Å². The molecule has 0 unspecified atom stereocenters. The second-order valence-electron chi connectivity index (χ2n) is 7.97. The Morgan fingerprint density at radius 3 is 2.31 bits per heavy atom. The van der Waals surface area contributed by atoms with Crippen LogP contribution in [0.1, 0.15) is 22.3 Å². The van der Waals surface area contributed by atoms with E-state index in [1.165, 1.54) is 6.08 Å². The highest BCUT2D eigenvalue weighted by molar-refractivity contribution is 6.02. The van der Waals surface area contributed by atoms with Crippen LogP contribution in [0.3, 0.4) is 0 Å². The number of nitrogens with zero attached hydrogens (tertiary/aromatic N) is 2. The van der Waals surface area contributed by atoms with E-state index in [-0.39, 0.29) is 5.91 Å². The van der Waals surface area contributed by atoms with Crippen molar-refractivity contribution in [3.63, 3.8) is 0 Å². The molecule has 0 aliphatic rings. The number of aromatic nitrogens is 1. The number of carbonyl (C=O) groups is 1. The van der Waals surface area contributed by atoms with Gasteiger partial charge in [-0.25, -0.2) is 0 Å². The minimum absolute atomic E-state index is 0.236. The highest BCUT2D eigenvalue weighted by atomic mass is 16.5. The van der Waals surface area contributed by atoms with Gasteiger partial charge < -0.3 is 14.8 Å². The van der Waals surface area contributed by atoms with Crippen molar-refractivity contribution >= 4 is 17.7 Å². The summed E-state index contributed by atoms with van der Waals surface area (Å²) in [5.74, 6) is 1.21. The Kier molecular flexibility index (Phi) is 8.44. The lowest BCUT2D eigenvalue weighted by atomic mass is 10.1. The number of nitriles is 1. The van der Waals surface area contributed by atoms with Crippen LogP contribution in [0.25, 0.3) is 6.08 Å². The molecule has 178 valence electrons. The van der Waals surface area contributed by atoms with Gasteiger partial charge in [0, 0.05) is 35.3 Å². The Labute approximate surface area is 210 Å². The number of benzene rings is 3. The first-order chi connectivity index (χ1) is 17.7. The van der Waals surface area contributed by atoms with E-state index in [2.05, 4.69) is 16.4 Å². The molecular weight excluding hydrogens is 450 g/mol. The first-order valence-electron chi connectivity index (χ1n) is 11.5. The highest BCUT2D eigenvalue weighted by Gasteiger charge is 2.06. The van der Waals surface area contributed by atoms with Gasteiger partial charge in [0.25, 0.3) is 0 Å². The number of pyridine rings is 1. The van der Waals surface area contributed by atoms with Crippen LogP contribution in [0.2, 0.25) is 0 Å². The van der Waals surface area contributed by atoms with Crippen LogP contribution in [-0.2, 0) is 24.4 Å². The van der Waals surface area contributed by atoms with E-state index in [0.717, 1.165) is 28.0 Å². The van der Waals surface area contributed by atoms with Gasteiger partial charge in [-0.15, -0.1) is 0 Å². The minimum Gasteiger partial charge on any atom is -0.489 e. The monoisotopic (exact) mass is 475 g/mol. The number of ether oxygens (including phenoxy) is 2. The summed E-state index contributed by atoms with van der Waals surface area (Å²) in [7, 11) is 0. The number of carbonyl (C=O) groups excluding carboxylic acids is 1. The Balaban J connectivity index is 1.30. The van der Waals surface area contributed by atoms with Gasteiger partial charge in [0.05, 0.1) is 12.5 Å². The van der Waals surface area contributed by atoms with Crippen LogP contribution in [0.4, 0.5) is 5.69 Å². The average Bonchev–Trinajstić information content (AvgIpc) is 2.92. The normalized spacial score (nSPS) is 10.5. The zero-order valence-corrected chi connectivity index (χ0v) is 19.6. The van der Waals surface area contributed by atoms with Crippen molar-refractivity contribution < 1.29 is 14.3 Å². The van der Waals surface area contributed by atoms with E-state index in [4.69, 9.17) is 14.7 Å². The predicted octanol–water partition coefficient (Wildman–Crippen LogP) is 5.96. The van der Waals surface area contributed by atoms with Crippen LogP contribution in [0.5, 0.6) is 11.5 Å². The van der Waals surface area contributed by atoms with Crippen molar-refractivity contribution in [1.82, 2.24) is 4.98 Å². The summed E-state index contributed by atoms with van der Waals surface area (Å²) in [6.45, 7) is 0.749. The van der Waals surface area contributed by atoms with E-state index in [0.29, 0.717) is 31.1 Å². The zero-order chi connectivity index (χ0) is 25.0. The molecule has 1 heterocycles. The smallest absolute Gasteiger partial charge is 0.248 e. The number of hydrogen-bond donors (Lipinski definition) is 1. The van der Waals surface area contributed by atoms with Gasteiger partial charge in [-0.05, 0) is 53.6 Å². The van der Waals surface area contributed by atoms with Gasteiger partial charge in [0.1, 0.15) is 24.7 Å². The molecule has 1 aromatic heterocycles. The van der Waals surface area contributed by atoms with Crippen LogP contribution in [-0.4, -0.2) is 10.9 Å². The molecule has 0 spiro atoms. The summed E-state index contributed by atoms with van der Waals surface area (Å²) in [6, 6.07) is 28.4. The van der Waals surface area contributed by atoms with Crippen molar-refractivity contribution in [2.45, 2.75) is 19.6 Å². The van der Waals surface area contributed by atoms with Crippen molar-refractivity contribution in [3.8, 4) is 17.6 Å². The molecule has 4 aromatic rings. The molecule has 0 aliphatic heterocycles. The molecule has 0 fully saturated rings. The highest BCUT2D eigenvalue weighted by Crippen LogP contribution is 2.20. The zero-order valence-electron chi connectivity index (χ0n) is 19.6. The minimum atomic E-state index is -0.236. The van der Waals surface area contributed by atoms with Gasteiger partial charge in [0.15, 0.2) is 0 Å². The quantitative estimate of drug-likeness (QED) is 0.286. The lowest BCUT2D eigenvalue weighted by molar-refractivity contribution is -0.111. The molecule has 0 aliphatic carbocycles. The SMILES string of the molecule is N#CCc1ccc(OCc2ccccc2NC(=O)/C=C/c2ccc(OCc3cccnc3)cc2)cc1. The second-order valence-corrected chi connectivity index (χ2v) is 7.97. The summed E-state index contributed by atoms with van der Waals surface area (Å²) in [4.78, 5) is 16.6. The number of para-hydroxylation sites is 1. The molecule has 4 rings (SSSR count). The van der Waals surface area contributed by atoms with Crippen molar-refractivity contribution in [2.24, 2.45) is 0 Å². The fourth-order valence-electron chi connectivity index (χ4n) is 3.40. The Bertz CT molecular complexity index is 1340. The first kappa shape index (κ1) is 24.2. The maximum atomic E-state index is 12.5. The van der Waals surface area contributed by atoms with E-state index >= 15 is 0 Å². The van der Waals surface area contributed by atoms with Crippen LogP contribution < -0.4 is 14.8 Å². The molecule has 3 aromatic carbocycles. The van der Waals surface area contributed by atoms with Crippen LogP contribution in [0, 0.1) is 11.3 Å². The first-order valence-corrected chi connectivity index (χ1v) is 11.5. The molecule has 0 saturated carbocycles. The third-order valence-electron chi connectivity index (χ3n) is 5.31. The summed E-state index contributed by atoms with van der Waals surface area (Å²) in [5, 5.41) is 11.7. The van der Waals surface area contributed by atoms with E-state index in [9.17, 15) is 4.79 Å². The lowest BCUT2D eigenvalue weighted by Gasteiger charge is -2.11. The van der Waals surface area contributed by atoms with E-state index in [1.807, 2.05) is 84.9 Å².